The number of aliphatic hydroxyl groups excluding tert-OH is 1. The summed E-state index contributed by atoms with van der Waals surface area (Å²) in [5, 5.41) is 8.20. The monoisotopic (exact) mass is 174 g/mol. The van der Waals surface area contributed by atoms with Gasteiger partial charge in [0.2, 0.25) is 0 Å². The summed E-state index contributed by atoms with van der Waals surface area (Å²) in [6.07, 6.45) is 7.19. The van der Waals surface area contributed by atoms with Gasteiger partial charge in [0, 0.05) is 13.0 Å². The Morgan fingerprint density at radius 1 is 1.08 bits per heavy atom. The molecule has 0 atom stereocenters. The summed E-state index contributed by atoms with van der Waals surface area (Å²) in [5.74, 6) is 0. The van der Waals surface area contributed by atoms with Crippen LogP contribution in [0.2, 0.25) is 0 Å². The van der Waals surface area contributed by atoms with Crippen molar-refractivity contribution in [2.24, 2.45) is 0 Å². The molecule has 0 aliphatic rings. The molecule has 0 heterocycles. The molecule has 74 valence electrons. The Kier molecular flexibility index (Phi) is 20.0. The Hall–Kier alpha value is -0.370. The zero-order valence-corrected chi connectivity index (χ0v) is 8.38. The molecule has 0 radical (unpaired) electrons. The van der Waals surface area contributed by atoms with E-state index in [0.29, 0.717) is 6.61 Å². The van der Waals surface area contributed by atoms with E-state index in [0.717, 1.165) is 38.4 Å². The van der Waals surface area contributed by atoms with Gasteiger partial charge in [0.25, 0.3) is 0 Å². The number of hydrogen-bond acceptors (Lipinski definition) is 2. The lowest BCUT2D eigenvalue weighted by Gasteiger charge is -1.85. The van der Waals surface area contributed by atoms with E-state index in [4.69, 9.17) is 5.11 Å². The van der Waals surface area contributed by atoms with Crippen molar-refractivity contribution in [1.29, 1.82) is 0 Å². The van der Waals surface area contributed by atoms with Crippen molar-refractivity contribution in [3.63, 3.8) is 0 Å². The minimum absolute atomic E-state index is 0.355. The highest BCUT2D eigenvalue weighted by Gasteiger charge is 1.76. The van der Waals surface area contributed by atoms with Gasteiger partial charge in [-0.15, -0.1) is 0 Å². The molecule has 1 N–H and O–H groups in total. The summed E-state index contributed by atoms with van der Waals surface area (Å²) in [5.41, 5.74) is 0. The van der Waals surface area contributed by atoms with Crippen LogP contribution in [0.1, 0.15) is 52.4 Å². The van der Waals surface area contributed by atoms with Crippen LogP contribution in [0.3, 0.4) is 0 Å². The lowest BCUT2D eigenvalue weighted by molar-refractivity contribution is -0.107. The minimum atomic E-state index is 0.355. The fraction of sp³-hybridized carbons (Fsp3) is 0.900. The molecule has 0 aromatic rings. The topological polar surface area (TPSA) is 37.3 Å². The van der Waals surface area contributed by atoms with E-state index in [9.17, 15) is 4.79 Å². The summed E-state index contributed by atoms with van der Waals surface area (Å²) in [7, 11) is 0. The second kappa shape index (κ2) is 16.9. The zero-order valence-electron chi connectivity index (χ0n) is 8.38. The van der Waals surface area contributed by atoms with Crippen molar-refractivity contribution in [1.82, 2.24) is 0 Å². The molecule has 0 bridgehead atoms. The van der Waals surface area contributed by atoms with E-state index in [1.165, 1.54) is 6.42 Å². The number of aliphatic hydroxyl groups is 1. The van der Waals surface area contributed by atoms with Gasteiger partial charge in [-0.3, -0.25) is 0 Å². The van der Waals surface area contributed by atoms with Gasteiger partial charge in [0.05, 0.1) is 0 Å². The highest BCUT2D eigenvalue weighted by atomic mass is 16.2. The smallest absolute Gasteiger partial charge is 0.119 e. The molecular formula is C10H22O2. The first-order valence-corrected chi connectivity index (χ1v) is 4.87. The van der Waals surface area contributed by atoms with Crippen LogP contribution in [0.15, 0.2) is 0 Å². The van der Waals surface area contributed by atoms with Gasteiger partial charge in [0.15, 0.2) is 0 Å². The lowest BCUT2D eigenvalue weighted by atomic mass is 10.3. The van der Waals surface area contributed by atoms with Crippen LogP contribution in [-0.4, -0.2) is 18.0 Å². The van der Waals surface area contributed by atoms with Crippen LogP contribution in [0.5, 0.6) is 0 Å². The highest BCUT2D eigenvalue weighted by molar-refractivity contribution is 5.48. The van der Waals surface area contributed by atoms with Crippen molar-refractivity contribution >= 4 is 6.29 Å². The Balaban J connectivity index is 0. The van der Waals surface area contributed by atoms with Crippen molar-refractivity contribution in [3.8, 4) is 0 Å². The van der Waals surface area contributed by atoms with Crippen molar-refractivity contribution < 1.29 is 9.90 Å². The lowest BCUT2D eigenvalue weighted by Crippen LogP contribution is -1.78. The van der Waals surface area contributed by atoms with Crippen molar-refractivity contribution in [2.75, 3.05) is 6.61 Å². The molecule has 0 unspecified atom stereocenters. The largest absolute Gasteiger partial charge is 0.396 e. The quantitative estimate of drug-likeness (QED) is 0.496. The number of carbonyl (C=O) groups is 1. The minimum Gasteiger partial charge on any atom is -0.396 e. The van der Waals surface area contributed by atoms with Crippen molar-refractivity contribution in [3.05, 3.63) is 0 Å². The molecule has 0 aromatic heterocycles. The van der Waals surface area contributed by atoms with Gasteiger partial charge in [-0.05, 0) is 12.8 Å². The number of hydrogen-bond donors (Lipinski definition) is 1. The molecule has 0 saturated carbocycles. The third-order valence-corrected chi connectivity index (χ3v) is 1.44. The number of aldehydes is 1. The number of rotatable bonds is 6. The van der Waals surface area contributed by atoms with E-state index in [1.807, 2.05) is 0 Å². The number of carbonyl (C=O) groups excluding carboxylic acids is 1. The summed E-state index contributed by atoms with van der Waals surface area (Å²) in [6.45, 7) is 4.55. The zero-order chi connectivity index (χ0) is 9.66. The Labute approximate surface area is 76.0 Å². The Morgan fingerprint density at radius 3 is 1.83 bits per heavy atom. The Morgan fingerprint density at radius 2 is 1.67 bits per heavy atom. The van der Waals surface area contributed by atoms with E-state index in [2.05, 4.69) is 13.8 Å². The van der Waals surface area contributed by atoms with E-state index in [-0.39, 0.29) is 0 Å². The van der Waals surface area contributed by atoms with Gasteiger partial charge < -0.3 is 9.90 Å². The molecule has 0 rings (SSSR count). The van der Waals surface area contributed by atoms with Crippen LogP contribution in [0.25, 0.3) is 0 Å². The van der Waals surface area contributed by atoms with Gasteiger partial charge in [-0.2, -0.15) is 0 Å². The standard InChI is InChI=1S/C5H12O.C5H10O/c2*1-2-3-4-5-6/h6H,2-5H2,1H3;5H,2-4H2,1H3. The average Bonchev–Trinajstić information content (AvgIpc) is 2.12. The summed E-state index contributed by atoms with van der Waals surface area (Å²) >= 11 is 0. The average molecular weight is 174 g/mol. The summed E-state index contributed by atoms with van der Waals surface area (Å²) in [4.78, 5) is 9.56. The van der Waals surface area contributed by atoms with Crippen LogP contribution in [0.4, 0.5) is 0 Å². The van der Waals surface area contributed by atoms with Crippen LogP contribution in [-0.2, 0) is 4.79 Å². The second-order valence-electron chi connectivity index (χ2n) is 2.74. The molecule has 0 fully saturated rings. The summed E-state index contributed by atoms with van der Waals surface area (Å²) < 4.78 is 0. The first-order valence-electron chi connectivity index (χ1n) is 4.87. The molecule has 0 aromatic carbocycles. The fourth-order valence-electron chi connectivity index (χ4n) is 0.649. The van der Waals surface area contributed by atoms with Crippen LogP contribution >= 0.6 is 0 Å². The van der Waals surface area contributed by atoms with Crippen LogP contribution < -0.4 is 0 Å². The van der Waals surface area contributed by atoms with Gasteiger partial charge in [0.1, 0.15) is 6.29 Å². The third-order valence-electron chi connectivity index (χ3n) is 1.44. The van der Waals surface area contributed by atoms with E-state index >= 15 is 0 Å². The summed E-state index contributed by atoms with van der Waals surface area (Å²) in [6, 6.07) is 0. The van der Waals surface area contributed by atoms with Crippen LogP contribution in [0, 0.1) is 0 Å². The third kappa shape index (κ3) is 22.6. The van der Waals surface area contributed by atoms with Crippen molar-refractivity contribution in [2.45, 2.75) is 52.4 Å². The Bertz CT molecular complexity index is 68.2. The fourth-order valence-corrected chi connectivity index (χ4v) is 0.649. The molecule has 0 aliphatic carbocycles. The predicted molar refractivity (Wildman–Crippen MR) is 52.2 cm³/mol. The molecule has 0 amide bonds. The maximum Gasteiger partial charge on any atom is 0.119 e. The highest BCUT2D eigenvalue weighted by Crippen LogP contribution is 1.89. The van der Waals surface area contributed by atoms with Gasteiger partial charge in [-0.1, -0.05) is 33.1 Å². The molecule has 0 saturated heterocycles. The first-order chi connectivity index (χ1) is 5.83. The van der Waals surface area contributed by atoms with E-state index in [1.54, 1.807) is 0 Å². The molecule has 0 aliphatic heterocycles. The maximum atomic E-state index is 9.56. The molecule has 2 nitrogen and oxygen atoms in total. The predicted octanol–water partition coefficient (Wildman–Crippen LogP) is 2.54. The molecule has 12 heavy (non-hydrogen) atoms. The molecular weight excluding hydrogens is 152 g/mol. The van der Waals surface area contributed by atoms with Gasteiger partial charge in [-0.25, -0.2) is 0 Å². The second-order valence-corrected chi connectivity index (χ2v) is 2.74. The maximum absolute atomic E-state index is 9.56. The van der Waals surface area contributed by atoms with Gasteiger partial charge >= 0.3 is 0 Å². The first kappa shape index (κ1) is 14.2. The molecule has 2 heteroatoms. The normalized spacial score (nSPS) is 8.58. The number of unbranched alkanes of at least 4 members (excludes halogenated alkanes) is 4. The molecule has 0 spiro atoms. The van der Waals surface area contributed by atoms with E-state index < -0.39 is 0 Å². The SMILES string of the molecule is CCCCC=O.CCCCCO.